The number of hydrogen-bond acceptors (Lipinski definition) is 2. The number of rotatable bonds is 2. The minimum atomic E-state index is 0.543. The first kappa shape index (κ1) is 10.3. The SMILES string of the molecule is Cc1cccc2c(NC3CC=CC3)ccnc12. The van der Waals surface area contributed by atoms with Crippen LogP contribution >= 0.6 is 0 Å². The Hall–Kier alpha value is -1.83. The molecule has 0 atom stereocenters. The van der Waals surface area contributed by atoms with Gasteiger partial charge < -0.3 is 5.32 Å². The molecule has 1 aliphatic carbocycles. The van der Waals surface area contributed by atoms with E-state index >= 15 is 0 Å². The smallest absolute Gasteiger partial charge is 0.0751 e. The van der Waals surface area contributed by atoms with Gasteiger partial charge in [-0.15, -0.1) is 0 Å². The van der Waals surface area contributed by atoms with Gasteiger partial charge in [0.05, 0.1) is 5.52 Å². The molecule has 0 saturated heterocycles. The number of aryl methyl sites for hydroxylation is 1. The molecule has 0 spiro atoms. The summed E-state index contributed by atoms with van der Waals surface area (Å²) in [7, 11) is 0. The molecule has 1 heterocycles. The minimum absolute atomic E-state index is 0.543. The molecule has 1 aromatic heterocycles. The number of aromatic nitrogens is 1. The highest BCUT2D eigenvalue weighted by Crippen LogP contribution is 2.26. The van der Waals surface area contributed by atoms with Gasteiger partial charge in [0.25, 0.3) is 0 Å². The molecular weight excluding hydrogens is 208 g/mol. The van der Waals surface area contributed by atoms with E-state index in [-0.39, 0.29) is 0 Å². The summed E-state index contributed by atoms with van der Waals surface area (Å²) >= 11 is 0. The van der Waals surface area contributed by atoms with Crippen molar-refractivity contribution in [3.63, 3.8) is 0 Å². The van der Waals surface area contributed by atoms with E-state index in [0.717, 1.165) is 18.4 Å². The van der Waals surface area contributed by atoms with Crippen LogP contribution in [-0.2, 0) is 0 Å². The lowest BCUT2D eigenvalue weighted by Crippen LogP contribution is -2.15. The topological polar surface area (TPSA) is 24.9 Å². The molecule has 2 nitrogen and oxygen atoms in total. The maximum Gasteiger partial charge on any atom is 0.0751 e. The predicted molar refractivity (Wildman–Crippen MR) is 72.3 cm³/mol. The van der Waals surface area contributed by atoms with Gasteiger partial charge in [0.2, 0.25) is 0 Å². The van der Waals surface area contributed by atoms with Crippen LogP contribution in [0, 0.1) is 6.92 Å². The van der Waals surface area contributed by atoms with Crippen molar-refractivity contribution in [2.45, 2.75) is 25.8 Å². The zero-order chi connectivity index (χ0) is 11.7. The van der Waals surface area contributed by atoms with Crippen LogP contribution < -0.4 is 5.32 Å². The maximum atomic E-state index is 4.46. The first-order chi connectivity index (χ1) is 8.34. The summed E-state index contributed by atoms with van der Waals surface area (Å²) in [5.41, 5.74) is 3.53. The van der Waals surface area contributed by atoms with Crippen molar-refractivity contribution in [2.75, 3.05) is 5.32 Å². The summed E-state index contributed by atoms with van der Waals surface area (Å²) < 4.78 is 0. The summed E-state index contributed by atoms with van der Waals surface area (Å²) in [6, 6.07) is 8.95. The molecule has 3 rings (SSSR count). The molecular formula is C15H16N2. The largest absolute Gasteiger partial charge is 0.381 e. The second-order valence-electron chi connectivity index (χ2n) is 4.61. The molecule has 0 fully saturated rings. The van der Waals surface area contributed by atoms with Crippen molar-refractivity contribution < 1.29 is 0 Å². The second kappa shape index (κ2) is 4.21. The fourth-order valence-electron chi connectivity index (χ4n) is 2.40. The third kappa shape index (κ3) is 1.91. The van der Waals surface area contributed by atoms with Crippen molar-refractivity contribution >= 4 is 16.6 Å². The molecule has 0 unspecified atom stereocenters. The zero-order valence-corrected chi connectivity index (χ0v) is 9.98. The Morgan fingerprint density at radius 2 is 2.00 bits per heavy atom. The van der Waals surface area contributed by atoms with Crippen LogP contribution in [0.1, 0.15) is 18.4 Å². The average Bonchev–Trinajstić information content (AvgIpc) is 2.83. The van der Waals surface area contributed by atoms with E-state index in [9.17, 15) is 0 Å². The average molecular weight is 224 g/mol. The Kier molecular flexibility index (Phi) is 2.56. The highest BCUT2D eigenvalue weighted by molar-refractivity contribution is 5.92. The third-order valence-corrected chi connectivity index (χ3v) is 3.34. The minimum Gasteiger partial charge on any atom is -0.381 e. The lowest BCUT2D eigenvalue weighted by atomic mass is 10.1. The molecule has 86 valence electrons. The van der Waals surface area contributed by atoms with Gasteiger partial charge >= 0.3 is 0 Å². The standard InChI is InChI=1S/C15H16N2/c1-11-5-4-8-13-14(9-10-16-15(11)13)17-12-6-2-3-7-12/h2-5,8-10,12H,6-7H2,1H3,(H,16,17). The number of benzene rings is 1. The summed E-state index contributed by atoms with van der Waals surface area (Å²) in [6.45, 7) is 2.11. The van der Waals surface area contributed by atoms with Crippen molar-refractivity contribution in [3.8, 4) is 0 Å². The maximum absolute atomic E-state index is 4.46. The fourth-order valence-corrected chi connectivity index (χ4v) is 2.40. The van der Waals surface area contributed by atoms with Gasteiger partial charge in [-0.05, 0) is 31.4 Å². The zero-order valence-electron chi connectivity index (χ0n) is 9.98. The number of para-hydroxylation sites is 1. The van der Waals surface area contributed by atoms with Crippen LogP contribution in [0.25, 0.3) is 10.9 Å². The van der Waals surface area contributed by atoms with Crippen LogP contribution in [0.2, 0.25) is 0 Å². The van der Waals surface area contributed by atoms with Gasteiger partial charge in [-0.3, -0.25) is 4.98 Å². The van der Waals surface area contributed by atoms with Gasteiger partial charge in [0.1, 0.15) is 0 Å². The highest BCUT2D eigenvalue weighted by atomic mass is 14.9. The molecule has 1 aromatic carbocycles. The first-order valence-electron chi connectivity index (χ1n) is 6.10. The number of anilines is 1. The van der Waals surface area contributed by atoms with E-state index in [1.807, 2.05) is 6.20 Å². The number of hydrogen-bond donors (Lipinski definition) is 1. The summed E-state index contributed by atoms with van der Waals surface area (Å²) in [4.78, 5) is 4.46. The van der Waals surface area contributed by atoms with Crippen molar-refractivity contribution in [1.29, 1.82) is 0 Å². The Labute approximate surface area is 101 Å². The molecule has 0 aliphatic heterocycles. The summed E-state index contributed by atoms with van der Waals surface area (Å²) in [5.74, 6) is 0. The van der Waals surface area contributed by atoms with E-state index < -0.39 is 0 Å². The Morgan fingerprint density at radius 1 is 1.18 bits per heavy atom. The Bertz CT molecular complexity index is 564. The van der Waals surface area contributed by atoms with Gasteiger partial charge in [-0.1, -0.05) is 30.4 Å². The number of pyridine rings is 1. The summed E-state index contributed by atoms with van der Waals surface area (Å²) in [6.07, 6.45) is 8.61. The van der Waals surface area contributed by atoms with Gasteiger partial charge in [-0.25, -0.2) is 0 Å². The molecule has 2 heteroatoms. The highest BCUT2D eigenvalue weighted by Gasteiger charge is 2.11. The summed E-state index contributed by atoms with van der Waals surface area (Å²) in [5, 5.41) is 4.83. The first-order valence-corrected chi connectivity index (χ1v) is 6.10. The number of fused-ring (bicyclic) bond motifs is 1. The van der Waals surface area contributed by atoms with Crippen LogP contribution in [0.15, 0.2) is 42.6 Å². The second-order valence-corrected chi connectivity index (χ2v) is 4.61. The monoisotopic (exact) mass is 224 g/mol. The van der Waals surface area contributed by atoms with Gasteiger partial charge in [-0.2, -0.15) is 0 Å². The van der Waals surface area contributed by atoms with E-state index in [2.05, 4.69) is 53.6 Å². The van der Waals surface area contributed by atoms with Gasteiger partial charge in [0, 0.05) is 23.3 Å². The molecule has 0 saturated carbocycles. The molecule has 2 aromatic rings. The Morgan fingerprint density at radius 3 is 2.82 bits per heavy atom. The normalized spacial score (nSPS) is 15.6. The van der Waals surface area contributed by atoms with Crippen LogP contribution in [0.3, 0.4) is 0 Å². The van der Waals surface area contributed by atoms with E-state index in [1.54, 1.807) is 0 Å². The Balaban J connectivity index is 2.01. The number of nitrogens with zero attached hydrogens (tertiary/aromatic N) is 1. The predicted octanol–water partition coefficient (Wildman–Crippen LogP) is 3.67. The van der Waals surface area contributed by atoms with E-state index in [4.69, 9.17) is 0 Å². The van der Waals surface area contributed by atoms with Crippen LogP contribution in [0.4, 0.5) is 5.69 Å². The van der Waals surface area contributed by atoms with E-state index in [0.29, 0.717) is 6.04 Å². The lowest BCUT2D eigenvalue weighted by Gasteiger charge is -2.15. The quantitative estimate of drug-likeness (QED) is 0.787. The van der Waals surface area contributed by atoms with Crippen molar-refractivity contribution in [1.82, 2.24) is 4.98 Å². The number of nitrogens with one attached hydrogen (secondary N) is 1. The van der Waals surface area contributed by atoms with Crippen molar-refractivity contribution in [3.05, 3.63) is 48.2 Å². The van der Waals surface area contributed by atoms with Crippen LogP contribution in [-0.4, -0.2) is 11.0 Å². The fraction of sp³-hybridized carbons (Fsp3) is 0.267. The molecule has 0 bridgehead atoms. The molecule has 1 N–H and O–H groups in total. The van der Waals surface area contributed by atoms with Crippen molar-refractivity contribution in [2.24, 2.45) is 0 Å². The van der Waals surface area contributed by atoms with E-state index in [1.165, 1.54) is 16.6 Å². The van der Waals surface area contributed by atoms with Crippen LogP contribution in [0.5, 0.6) is 0 Å². The molecule has 1 aliphatic rings. The molecule has 0 amide bonds. The molecule has 17 heavy (non-hydrogen) atoms. The third-order valence-electron chi connectivity index (χ3n) is 3.34. The van der Waals surface area contributed by atoms with Gasteiger partial charge in [0.15, 0.2) is 0 Å². The molecule has 0 radical (unpaired) electrons. The lowest BCUT2D eigenvalue weighted by molar-refractivity contribution is 0.788.